The van der Waals surface area contributed by atoms with Gasteiger partial charge >= 0.3 is 11.9 Å². The second kappa shape index (κ2) is 8.33. The third-order valence-electron chi connectivity index (χ3n) is 1.82. The highest BCUT2D eigenvalue weighted by molar-refractivity contribution is 5.70. The van der Waals surface area contributed by atoms with Gasteiger partial charge in [-0.05, 0) is 19.4 Å². The Kier molecular flexibility index (Phi) is 7.43. The number of ether oxygens (including phenoxy) is 1. The van der Waals surface area contributed by atoms with Crippen LogP contribution in [0.2, 0.25) is 0 Å². The van der Waals surface area contributed by atoms with Crippen LogP contribution in [0.4, 0.5) is 0 Å². The number of aryl methyl sites for hydroxylation is 1. The first-order chi connectivity index (χ1) is 7.95. The molecule has 0 unspecified atom stereocenters. The van der Waals surface area contributed by atoms with E-state index in [0.717, 1.165) is 11.1 Å². The van der Waals surface area contributed by atoms with E-state index in [1.807, 2.05) is 31.2 Å². The third kappa shape index (κ3) is 9.11. The van der Waals surface area contributed by atoms with Crippen LogP contribution in [0.3, 0.4) is 0 Å². The topological polar surface area (TPSA) is 63.6 Å². The molecule has 0 bridgehead atoms. The summed E-state index contributed by atoms with van der Waals surface area (Å²) in [5.41, 5.74) is 2.00. The van der Waals surface area contributed by atoms with Crippen molar-refractivity contribution in [2.75, 3.05) is 6.61 Å². The highest BCUT2D eigenvalue weighted by Crippen LogP contribution is 2.03. The summed E-state index contributed by atoms with van der Waals surface area (Å²) in [6.45, 7) is 5.63. The predicted molar refractivity (Wildman–Crippen MR) is 64.8 cm³/mol. The average molecular weight is 238 g/mol. The van der Waals surface area contributed by atoms with Gasteiger partial charge in [0.15, 0.2) is 0 Å². The lowest BCUT2D eigenvalue weighted by Crippen LogP contribution is -1.99. The zero-order valence-corrected chi connectivity index (χ0v) is 10.4. The first kappa shape index (κ1) is 15.2. The van der Waals surface area contributed by atoms with Gasteiger partial charge in [-0.25, -0.2) is 0 Å². The first-order valence-electron chi connectivity index (χ1n) is 5.36. The fraction of sp³-hybridized carbons (Fsp3) is 0.385. The van der Waals surface area contributed by atoms with Crippen molar-refractivity contribution >= 4 is 11.9 Å². The van der Waals surface area contributed by atoms with Crippen LogP contribution in [0, 0.1) is 6.92 Å². The van der Waals surface area contributed by atoms with Gasteiger partial charge in [0.05, 0.1) is 13.0 Å². The standard InChI is InChI=1S/C9H10O2.C4H8O2/c1-7-2-4-8(5-3-7)6-9(10)11;1-3-6-4(2)5/h2-5H,6H2,1H3,(H,10,11);3H2,1-2H3. The molecule has 0 aliphatic carbocycles. The fourth-order valence-electron chi connectivity index (χ4n) is 1.08. The van der Waals surface area contributed by atoms with E-state index in [2.05, 4.69) is 4.74 Å². The Hall–Kier alpha value is -1.84. The molecule has 0 saturated carbocycles. The minimum absolute atomic E-state index is 0.111. The second-order valence-corrected chi connectivity index (χ2v) is 3.48. The van der Waals surface area contributed by atoms with Crippen LogP contribution in [-0.4, -0.2) is 23.7 Å². The molecule has 1 aromatic rings. The van der Waals surface area contributed by atoms with E-state index in [1.165, 1.54) is 6.92 Å². The predicted octanol–water partition coefficient (Wildman–Crippen LogP) is 2.19. The van der Waals surface area contributed by atoms with Gasteiger partial charge in [0.1, 0.15) is 0 Å². The number of benzene rings is 1. The number of carbonyl (C=O) groups is 2. The first-order valence-corrected chi connectivity index (χ1v) is 5.36. The molecule has 0 fully saturated rings. The summed E-state index contributed by atoms with van der Waals surface area (Å²) in [4.78, 5) is 20.1. The molecule has 0 heterocycles. The summed E-state index contributed by atoms with van der Waals surface area (Å²) in [7, 11) is 0. The van der Waals surface area contributed by atoms with Crippen molar-refractivity contribution in [2.24, 2.45) is 0 Å². The summed E-state index contributed by atoms with van der Waals surface area (Å²) in [6.07, 6.45) is 0.111. The van der Waals surface area contributed by atoms with E-state index < -0.39 is 5.97 Å². The lowest BCUT2D eigenvalue weighted by molar-refractivity contribution is -0.140. The highest BCUT2D eigenvalue weighted by Gasteiger charge is 1.97. The van der Waals surface area contributed by atoms with Crippen molar-refractivity contribution in [3.63, 3.8) is 0 Å². The number of hydrogen-bond acceptors (Lipinski definition) is 3. The number of hydrogen-bond donors (Lipinski definition) is 1. The maximum Gasteiger partial charge on any atom is 0.307 e. The van der Waals surface area contributed by atoms with Crippen LogP contribution in [0.15, 0.2) is 24.3 Å². The molecule has 4 heteroatoms. The van der Waals surface area contributed by atoms with Crippen molar-refractivity contribution in [1.82, 2.24) is 0 Å². The third-order valence-corrected chi connectivity index (χ3v) is 1.82. The van der Waals surface area contributed by atoms with Crippen molar-refractivity contribution in [2.45, 2.75) is 27.2 Å². The normalized spacial score (nSPS) is 8.88. The van der Waals surface area contributed by atoms with Crippen LogP contribution >= 0.6 is 0 Å². The number of rotatable bonds is 3. The Morgan fingerprint density at radius 3 is 2.06 bits per heavy atom. The van der Waals surface area contributed by atoms with Gasteiger partial charge in [-0.2, -0.15) is 0 Å². The summed E-state index contributed by atoms with van der Waals surface area (Å²) < 4.78 is 4.40. The molecule has 0 saturated heterocycles. The van der Waals surface area contributed by atoms with Gasteiger partial charge < -0.3 is 9.84 Å². The minimum atomic E-state index is -0.783. The van der Waals surface area contributed by atoms with Gasteiger partial charge in [-0.1, -0.05) is 29.8 Å². The van der Waals surface area contributed by atoms with Crippen molar-refractivity contribution < 1.29 is 19.4 Å². The van der Waals surface area contributed by atoms with E-state index >= 15 is 0 Å². The van der Waals surface area contributed by atoms with Gasteiger partial charge in [0, 0.05) is 6.92 Å². The number of aliphatic carboxylic acids is 1. The van der Waals surface area contributed by atoms with E-state index in [9.17, 15) is 9.59 Å². The van der Waals surface area contributed by atoms with Gasteiger partial charge in [0.25, 0.3) is 0 Å². The van der Waals surface area contributed by atoms with E-state index in [1.54, 1.807) is 6.92 Å². The second-order valence-electron chi connectivity index (χ2n) is 3.48. The van der Waals surface area contributed by atoms with Crippen molar-refractivity contribution in [1.29, 1.82) is 0 Å². The smallest absolute Gasteiger partial charge is 0.307 e. The molecule has 1 N–H and O–H groups in total. The van der Waals surface area contributed by atoms with Gasteiger partial charge in [0.2, 0.25) is 0 Å². The zero-order chi connectivity index (χ0) is 13.3. The van der Waals surface area contributed by atoms with Crippen LogP contribution in [0.25, 0.3) is 0 Å². The molecule has 0 aliphatic heterocycles. The highest BCUT2D eigenvalue weighted by atomic mass is 16.5. The van der Waals surface area contributed by atoms with E-state index in [0.29, 0.717) is 6.61 Å². The summed E-state index contributed by atoms with van der Waals surface area (Å²) in [6, 6.07) is 7.50. The van der Waals surface area contributed by atoms with E-state index in [4.69, 9.17) is 5.11 Å². The molecule has 0 spiro atoms. The molecule has 1 rings (SSSR count). The number of carbonyl (C=O) groups excluding carboxylic acids is 1. The molecule has 94 valence electrons. The Bertz CT molecular complexity index is 354. The summed E-state index contributed by atoms with van der Waals surface area (Å²) in [5.74, 6) is -0.994. The molecule has 0 aromatic heterocycles. The number of esters is 1. The summed E-state index contributed by atoms with van der Waals surface area (Å²) >= 11 is 0. The molecule has 0 atom stereocenters. The Labute approximate surface area is 101 Å². The molecule has 0 aliphatic rings. The SMILES string of the molecule is CCOC(C)=O.Cc1ccc(CC(=O)O)cc1. The van der Waals surface area contributed by atoms with Crippen LogP contribution in [-0.2, 0) is 20.7 Å². The zero-order valence-electron chi connectivity index (χ0n) is 10.4. The Morgan fingerprint density at radius 1 is 1.24 bits per heavy atom. The largest absolute Gasteiger partial charge is 0.481 e. The Balaban J connectivity index is 0.000000366. The lowest BCUT2D eigenvalue weighted by Gasteiger charge is -1.96. The molecule has 0 radical (unpaired) electrons. The molecule has 1 aromatic carbocycles. The van der Waals surface area contributed by atoms with Crippen LogP contribution < -0.4 is 0 Å². The monoisotopic (exact) mass is 238 g/mol. The van der Waals surface area contributed by atoms with Crippen LogP contribution in [0.1, 0.15) is 25.0 Å². The van der Waals surface area contributed by atoms with Gasteiger partial charge in [-0.3, -0.25) is 9.59 Å². The number of carboxylic acid groups (broad SMARTS) is 1. The quantitative estimate of drug-likeness (QED) is 0.820. The lowest BCUT2D eigenvalue weighted by atomic mass is 10.1. The summed E-state index contributed by atoms with van der Waals surface area (Å²) in [5, 5.41) is 8.44. The number of carboxylic acids is 1. The maximum absolute atomic E-state index is 10.3. The van der Waals surface area contributed by atoms with Crippen molar-refractivity contribution in [3.8, 4) is 0 Å². The van der Waals surface area contributed by atoms with Gasteiger partial charge in [-0.15, -0.1) is 0 Å². The molecular weight excluding hydrogens is 220 g/mol. The van der Waals surface area contributed by atoms with Crippen LogP contribution in [0.5, 0.6) is 0 Å². The fourth-order valence-corrected chi connectivity index (χ4v) is 1.08. The van der Waals surface area contributed by atoms with Crippen molar-refractivity contribution in [3.05, 3.63) is 35.4 Å². The molecule has 4 nitrogen and oxygen atoms in total. The Morgan fingerprint density at radius 2 is 1.76 bits per heavy atom. The maximum atomic E-state index is 10.3. The molecule has 17 heavy (non-hydrogen) atoms. The molecular formula is C13H18O4. The van der Waals surface area contributed by atoms with E-state index in [-0.39, 0.29) is 12.4 Å². The minimum Gasteiger partial charge on any atom is -0.481 e. The molecule has 0 amide bonds. The average Bonchev–Trinajstić information content (AvgIpc) is 2.21.